The van der Waals surface area contributed by atoms with E-state index in [0.717, 1.165) is 0 Å². The van der Waals surface area contributed by atoms with Crippen molar-refractivity contribution in [3.8, 4) is 0 Å². The summed E-state index contributed by atoms with van der Waals surface area (Å²) in [5, 5.41) is 0. The number of fused-ring (bicyclic) bond motifs is 1. The highest BCUT2D eigenvalue weighted by Gasteiger charge is 2.34. The second-order valence-corrected chi connectivity index (χ2v) is 4.57. The number of ether oxygens (including phenoxy) is 2. The number of methoxy groups -OCH3 is 1. The van der Waals surface area contributed by atoms with Gasteiger partial charge in [-0.15, -0.1) is 0 Å². The minimum absolute atomic E-state index is 0.212. The van der Waals surface area contributed by atoms with Crippen LogP contribution in [0.3, 0.4) is 0 Å². The molecule has 1 atom stereocenters. The fourth-order valence-corrected chi connectivity index (χ4v) is 2.31. The highest BCUT2D eigenvalue weighted by atomic mass is 16.7. The molecule has 0 aromatic heterocycles. The highest BCUT2D eigenvalue weighted by Crippen LogP contribution is 2.22. The second-order valence-electron chi connectivity index (χ2n) is 4.57. The van der Waals surface area contributed by atoms with E-state index in [1.165, 1.54) is 4.90 Å². The maximum atomic E-state index is 12.1. The predicted molar refractivity (Wildman–Crippen MR) is 73.5 cm³/mol. The summed E-state index contributed by atoms with van der Waals surface area (Å²) in [5.74, 6) is -0.424. The minimum Gasteiger partial charge on any atom is -0.356 e. The molecule has 1 aromatic carbocycles. The lowest BCUT2D eigenvalue weighted by Crippen LogP contribution is -2.31. The van der Waals surface area contributed by atoms with Crippen LogP contribution in [0.15, 0.2) is 24.3 Å². The number of carbonyl (C=O) groups excluding carboxylic acids is 2. The number of carbonyl (C=O) groups is 2. The molecule has 1 aromatic rings. The Hall–Kier alpha value is -1.72. The normalized spacial score (nSPS) is 15.6. The molecule has 20 heavy (non-hydrogen) atoms. The third-order valence-electron chi connectivity index (χ3n) is 3.32. The van der Waals surface area contributed by atoms with E-state index in [4.69, 9.17) is 9.47 Å². The van der Waals surface area contributed by atoms with Crippen LogP contribution in [0.2, 0.25) is 0 Å². The summed E-state index contributed by atoms with van der Waals surface area (Å²) in [7, 11) is 1.59. The fraction of sp³-hybridized carbons (Fsp3) is 0.467. The molecule has 0 fully saturated rings. The first-order valence-corrected chi connectivity index (χ1v) is 6.78. The van der Waals surface area contributed by atoms with Gasteiger partial charge in [0.05, 0.1) is 11.1 Å². The number of hydrogen-bond acceptors (Lipinski definition) is 4. The van der Waals surface area contributed by atoms with E-state index in [9.17, 15) is 9.59 Å². The number of imide groups is 1. The van der Waals surface area contributed by atoms with Gasteiger partial charge in [-0.2, -0.15) is 0 Å². The molecule has 1 aliphatic heterocycles. The zero-order valence-electron chi connectivity index (χ0n) is 11.8. The molecule has 1 unspecified atom stereocenters. The molecule has 5 heteroatoms. The van der Waals surface area contributed by atoms with Gasteiger partial charge in [0.15, 0.2) is 6.29 Å². The molecular formula is C15H19NO4. The third kappa shape index (κ3) is 2.89. The molecule has 1 heterocycles. The van der Waals surface area contributed by atoms with E-state index in [0.29, 0.717) is 37.1 Å². The molecule has 0 radical (unpaired) electrons. The Balaban J connectivity index is 1.92. The van der Waals surface area contributed by atoms with Crippen molar-refractivity contribution in [1.82, 2.24) is 4.90 Å². The second kappa shape index (κ2) is 6.63. The van der Waals surface area contributed by atoms with Crippen LogP contribution in [0.5, 0.6) is 0 Å². The molecule has 0 saturated carbocycles. The van der Waals surface area contributed by atoms with Gasteiger partial charge in [0.1, 0.15) is 0 Å². The Morgan fingerprint density at radius 2 is 1.75 bits per heavy atom. The Morgan fingerprint density at radius 3 is 2.25 bits per heavy atom. The Morgan fingerprint density at radius 1 is 1.15 bits per heavy atom. The van der Waals surface area contributed by atoms with Crippen molar-refractivity contribution < 1.29 is 19.1 Å². The number of benzene rings is 1. The quantitative estimate of drug-likeness (QED) is 0.565. The fourth-order valence-electron chi connectivity index (χ4n) is 2.31. The average Bonchev–Trinajstić information content (AvgIpc) is 2.71. The summed E-state index contributed by atoms with van der Waals surface area (Å²) in [5.41, 5.74) is 0.983. The van der Waals surface area contributed by atoms with Crippen molar-refractivity contribution in [2.45, 2.75) is 26.1 Å². The zero-order valence-corrected chi connectivity index (χ0v) is 11.8. The Bertz CT molecular complexity index is 465. The molecule has 2 amide bonds. The van der Waals surface area contributed by atoms with Crippen molar-refractivity contribution in [2.75, 3.05) is 20.3 Å². The highest BCUT2D eigenvalue weighted by molar-refractivity contribution is 6.21. The van der Waals surface area contributed by atoms with Crippen molar-refractivity contribution in [2.24, 2.45) is 0 Å². The molecule has 0 saturated heterocycles. The summed E-state index contributed by atoms with van der Waals surface area (Å²) < 4.78 is 10.5. The van der Waals surface area contributed by atoms with Crippen molar-refractivity contribution >= 4 is 11.8 Å². The van der Waals surface area contributed by atoms with E-state index in [1.807, 2.05) is 6.92 Å². The molecule has 1 aliphatic rings. The van der Waals surface area contributed by atoms with E-state index < -0.39 is 0 Å². The van der Waals surface area contributed by atoms with Crippen LogP contribution in [0, 0.1) is 0 Å². The van der Waals surface area contributed by atoms with E-state index >= 15 is 0 Å². The van der Waals surface area contributed by atoms with Crippen LogP contribution < -0.4 is 0 Å². The van der Waals surface area contributed by atoms with E-state index in [1.54, 1.807) is 31.4 Å². The summed E-state index contributed by atoms with van der Waals surface area (Å²) in [4.78, 5) is 25.5. The van der Waals surface area contributed by atoms with Crippen molar-refractivity contribution in [1.29, 1.82) is 0 Å². The summed E-state index contributed by atoms with van der Waals surface area (Å²) in [6.07, 6.45) is 1.03. The average molecular weight is 277 g/mol. The van der Waals surface area contributed by atoms with Crippen molar-refractivity contribution in [3.63, 3.8) is 0 Å². The van der Waals surface area contributed by atoms with Gasteiger partial charge in [-0.1, -0.05) is 12.1 Å². The smallest absolute Gasteiger partial charge is 0.261 e. The first-order chi connectivity index (χ1) is 9.69. The van der Waals surface area contributed by atoms with E-state index in [2.05, 4.69) is 0 Å². The summed E-state index contributed by atoms with van der Waals surface area (Å²) >= 11 is 0. The summed E-state index contributed by atoms with van der Waals surface area (Å²) in [6, 6.07) is 6.91. The maximum absolute atomic E-state index is 12.1. The third-order valence-corrected chi connectivity index (χ3v) is 3.32. The van der Waals surface area contributed by atoms with Gasteiger partial charge in [0.2, 0.25) is 0 Å². The number of nitrogens with zero attached hydrogens (tertiary/aromatic N) is 1. The minimum atomic E-state index is -0.282. The van der Waals surface area contributed by atoms with Crippen LogP contribution in [0.4, 0.5) is 0 Å². The predicted octanol–water partition coefficient (Wildman–Crippen LogP) is 2.07. The van der Waals surface area contributed by atoms with Gasteiger partial charge >= 0.3 is 0 Å². The monoisotopic (exact) mass is 277 g/mol. The molecule has 0 bridgehead atoms. The first kappa shape index (κ1) is 14.7. The van der Waals surface area contributed by atoms with Crippen LogP contribution in [0.1, 0.15) is 40.5 Å². The largest absolute Gasteiger partial charge is 0.356 e. The molecule has 2 rings (SSSR count). The van der Waals surface area contributed by atoms with Gasteiger partial charge in [-0.3, -0.25) is 14.5 Å². The number of hydrogen-bond donors (Lipinski definition) is 0. The maximum Gasteiger partial charge on any atom is 0.261 e. The standard InChI is InChI=1S/C15H19NO4/c1-3-20-13(19-2)9-6-10-16-14(17)11-7-4-5-8-12(11)15(16)18/h4-5,7-8,13H,3,6,9-10H2,1-2H3. The SMILES string of the molecule is CCOC(CCCN1C(=O)c2ccccc2C1=O)OC. The zero-order chi connectivity index (χ0) is 14.5. The van der Waals surface area contributed by atoms with Crippen LogP contribution in [0.25, 0.3) is 0 Å². The first-order valence-electron chi connectivity index (χ1n) is 6.78. The van der Waals surface area contributed by atoms with Crippen molar-refractivity contribution in [3.05, 3.63) is 35.4 Å². The Kier molecular flexibility index (Phi) is 4.87. The lowest BCUT2D eigenvalue weighted by Gasteiger charge is -2.17. The van der Waals surface area contributed by atoms with Crippen LogP contribution >= 0.6 is 0 Å². The lowest BCUT2D eigenvalue weighted by molar-refractivity contribution is -0.124. The topological polar surface area (TPSA) is 55.8 Å². The van der Waals surface area contributed by atoms with Crippen LogP contribution in [-0.2, 0) is 9.47 Å². The molecular weight excluding hydrogens is 258 g/mol. The molecule has 0 aliphatic carbocycles. The number of rotatable bonds is 7. The van der Waals surface area contributed by atoms with Gasteiger partial charge in [-0.05, 0) is 25.5 Å². The molecule has 5 nitrogen and oxygen atoms in total. The van der Waals surface area contributed by atoms with E-state index in [-0.39, 0.29) is 18.1 Å². The van der Waals surface area contributed by atoms with Gasteiger partial charge < -0.3 is 9.47 Å². The van der Waals surface area contributed by atoms with Gasteiger partial charge in [0.25, 0.3) is 11.8 Å². The molecule has 0 N–H and O–H groups in total. The van der Waals surface area contributed by atoms with Gasteiger partial charge in [0, 0.05) is 26.7 Å². The molecule has 0 spiro atoms. The number of amides is 2. The van der Waals surface area contributed by atoms with Gasteiger partial charge in [-0.25, -0.2) is 0 Å². The lowest BCUT2D eigenvalue weighted by atomic mass is 10.1. The Labute approximate surface area is 118 Å². The molecule has 108 valence electrons. The van der Waals surface area contributed by atoms with Crippen LogP contribution in [-0.4, -0.2) is 43.3 Å². The summed E-state index contributed by atoms with van der Waals surface area (Å²) in [6.45, 7) is 2.86.